The Morgan fingerprint density at radius 1 is 1.07 bits per heavy atom. The van der Waals surface area contributed by atoms with Crippen LogP contribution in [0.1, 0.15) is 16.8 Å². The van der Waals surface area contributed by atoms with Gasteiger partial charge in [-0.2, -0.15) is 0 Å². The molecule has 0 saturated carbocycles. The van der Waals surface area contributed by atoms with Crippen molar-refractivity contribution in [3.8, 4) is 0 Å². The van der Waals surface area contributed by atoms with Crippen LogP contribution in [0.3, 0.4) is 0 Å². The van der Waals surface area contributed by atoms with Crippen LogP contribution in [0.25, 0.3) is 0 Å². The van der Waals surface area contributed by atoms with Crippen molar-refractivity contribution < 1.29 is 17.6 Å². The molecule has 0 aliphatic rings. The summed E-state index contributed by atoms with van der Waals surface area (Å²) in [6, 6.07) is 11.0. The third-order valence-electron chi connectivity index (χ3n) is 4.01. The average Bonchev–Trinajstić information content (AvgIpc) is 2.65. The normalized spacial score (nSPS) is 11.4. The van der Waals surface area contributed by atoms with E-state index in [1.165, 1.54) is 49.5 Å². The SMILES string of the molecule is CN(C)CCCNC(=O)c1cccc(S(=O)(=O)N(C)c2ccc(F)cc2)c1. The average molecular weight is 393 g/mol. The van der Waals surface area contributed by atoms with Crippen LogP contribution in [-0.4, -0.2) is 53.5 Å². The smallest absolute Gasteiger partial charge is 0.264 e. The molecule has 2 rings (SSSR count). The fraction of sp³-hybridized carbons (Fsp3) is 0.316. The summed E-state index contributed by atoms with van der Waals surface area (Å²) >= 11 is 0. The zero-order valence-electron chi connectivity index (χ0n) is 15.6. The van der Waals surface area contributed by atoms with Crippen molar-refractivity contribution in [3.63, 3.8) is 0 Å². The minimum atomic E-state index is -3.87. The van der Waals surface area contributed by atoms with E-state index < -0.39 is 15.8 Å². The number of hydrogen-bond acceptors (Lipinski definition) is 4. The Morgan fingerprint density at radius 2 is 1.74 bits per heavy atom. The highest BCUT2D eigenvalue weighted by atomic mass is 32.2. The number of benzene rings is 2. The number of anilines is 1. The molecule has 0 bridgehead atoms. The van der Waals surface area contributed by atoms with E-state index in [4.69, 9.17) is 0 Å². The maximum atomic E-state index is 13.1. The van der Waals surface area contributed by atoms with E-state index in [2.05, 4.69) is 5.32 Å². The molecule has 0 heterocycles. The largest absolute Gasteiger partial charge is 0.352 e. The number of nitrogens with zero attached hydrogens (tertiary/aromatic N) is 2. The lowest BCUT2D eigenvalue weighted by Crippen LogP contribution is -2.28. The van der Waals surface area contributed by atoms with Gasteiger partial charge in [0.05, 0.1) is 10.6 Å². The second-order valence-corrected chi connectivity index (χ2v) is 8.36. The first kappa shape index (κ1) is 20.9. The molecule has 2 aromatic carbocycles. The number of nitrogens with one attached hydrogen (secondary N) is 1. The summed E-state index contributed by atoms with van der Waals surface area (Å²) in [5.74, 6) is -0.771. The van der Waals surface area contributed by atoms with E-state index in [9.17, 15) is 17.6 Å². The van der Waals surface area contributed by atoms with Gasteiger partial charge < -0.3 is 10.2 Å². The second kappa shape index (κ2) is 8.96. The summed E-state index contributed by atoms with van der Waals surface area (Å²) in [6.07, 6.45) is 0.796. The van der Waals surface area contributed by atoms with Gasteiger partial charge in [0.15, 0.2) is 0 Å². The lowest BCUT2D eigenvalue weighted by Gasteiger charge is -2.20. The van der Waals surface area contributed by atoms with Crippen molar-refractivity contribution in [2.24, 2.45) is 0 Å². The van der Waals surface area contributed by atoms with Gasteiger partial charge >= 0.3 is 0 Å². The van der Waals surface area contributed by atoms with E-state index in [1.54, 1.807) is 6.07 Å². The first-order chi connectivity index (χ1) is 12.7. The summed E-state index contributed by atoms with van der Waals surface area (Å²) < 4.78 is 39.8. The lowest BCUT2D eigenvalue weighted by atomic mass is 10.2. The summed E-state index contributed by atoms with van der Waals surface area (Å²) in [6.45, 7) is 1.35. The van der Waals surface area contributed by atoms with Crippen LogP contribution in [0, 0.1) is 5.82 Å². The maximum Gasteiger partial charge on any atom is 0.264 e. The Labute approximate surface area is 159 Å². The Bertz CT molecular complexity index is 883. The Balaban J connectivity index is 2.15. The van der Waals surface area contributed by atoms with Gasteiger partial charge in [-0.3, -0.25) is 9.10 Å². The summed E-state index contributed by atoms with van der Waals surface area (Å²) in [5, 5.41) is 2.78. The Hall–Kier alpha value is -2.45. The van der Waals surface area contributed by atoms with E-state index in [0.29, 0.717) is 12.2 Å². The molecule has 1 amide bonds. The molecule has 0 atom stereocenters. The quantitative estimate of drug-likeness (QED) is 0.699. The zero-order chi connectivity index (χ0) is 20.0. The predicted molar refractivity (Wildman–Crippen MR) is 104 cm³/mol. The van der Waals surface area contributed by atoms with Crippen LogP contribution in [0.15, 0.2) is 53.4 Å². The van der Waals surface area contributed by atoms with E-state index in [-0.39, 0.29) is 16.4 Å². The van der Waals surface area contributed by atoms with Crippen LogP contribution >= 0.6 is 0 Å². The molecule has 0 unspecified atom stereocenters. The van der Waals surface area contributed by atoms with Crippen LogP contribution < -0.4 is 9.62 Å². The van der Waals surface area contributed by atoms with Crippen molar-refractivity contribution in [2.75, 3.05) is 38.5 Å². The van der Waals surface area contributed by atoms with Gasteiger partial charge in [-0.25, -0.2) is 12.8 Å². The molecule has 0 aliphatic heterocycles. The predicted octanol–water partition coefficient (Wildman–Crippen LogP) is 2.33. The van der Waals surface area contributed by atoms with E-state index >= 15 is 0 Å². The van der Waals surface area contributed by atoms with Crippen LogP contribution in [0.4, 0.5) is 10.1 Å². The van der Waals surface area contributed by atoms with Crippen LogP contribution in [-0.2, 0) is 10.0 Å². The van der Waals surface area contributed by atoms with E-state index in [0.717, 1.165) is 17.3 Å². The second-order valence-electron chi connectivity index (χ2n) is 6.39. The molecule has 0 saturated heterocycles. The molecule has 6 nitrogen and oxygen atoms in total. The number of carbonyl (C=O) groups is 1. The molecular formula is C19H24FN3O3S. The van der Waals surface area contributed by atoms with Crippen molar-refractivity contribution in [3.05, 3.63) is 59.9 Å². The monoisotopic (exact) mass is 393 g/mol. The molecule has 0 radical (unpaired) electrons. The fourth-order valence-corrected chi connectivity index (χ4v) is 3.69. The minimum Gasteiger partial charge on any atom is -0.352 e. The third kappa shape index (κ3) is 5.51. The molecule has 0 aliphatic carbocycles. The Kier molecular flexibility index (Phi) is 6.92. The summed E-state index contributed by atoms with van der Waals surface area (Å²) in [7, 11) is 1.42. The fourth-order valence-electron chi connectivity index (χ4n) is 2.44. The van der Waals surface area contributed by atoms with Gasteiger partial charge in [-0.1, -0.05) is 6.07 Å². The molecule has 0 spiro atoms. The Morgan fingerprint density at radius 3 is 2.37 bits per heavy atom. The first-order valence-corrected chi connectivity index (χ1v) is 9.93. The van der Waals surface area contributed by atoms with Crippen molar-refractivity contribution in [1.29, 1.82) is 0 Å². The molecule has 0 aromatic heterocycles. The highest BCUT2D eigenvalue weighted by molar-refractivity contribution is 7.92. The molecule has 27 heavy (non-hydrogen) atoms. The number of halogens is 1. The van der Waals surface area contributed by atoms with Gasteiger partial charge in [0.2, 0.25) is 0 Å². The number of carbonyl (C=O) groups excluding carboxylic acids is 1. The minimum absolute atomic E-state index is 0.00438. The first-order valence-electron chi connectivity index (χ1n) is 8.49. The highest BCUT2D eigenvalue weighted by Crippen LogP contribution is 2.22. The van der Waals surface area contributed by atoms with Gasteiger partial charge in [-0.05, 0) is 69.5 Å². The highest BCUT2D eigenvalue weighted by Gasteiger charge is 2.22. The van der Waals surface area contributed by atoms with E-state index in [1.807, 2.05) is 19.0 Å². The van der Waals surface area contributed by atoms with Gasteiger partial charge in [-0.15, -0.1) is 0 Å². The molecular weight excluding hydrogens is 369 g/mol. The van der Waals surface area contributed by atoms with Gasteiger partial charge in [0, 0.05) is 19.2 Å². The standard InChI is InChI=1S/C19H24FN3O3S/c1-22(2)13-5-12-21-19(24)15-6-4-7-18(14-15)27(25,26)23(3)17-10-8-16(20)9-11-17/h4,6-11,14H,5,12-13H2,1-3H3,(H,21,24). The third-order valence-corrected chi connectivity index (χ3v) is 5.79. The summed E-state index contributed by atoms with van der Waals surface area (Å²) in [4.78, 5) is 14.3. The lowest BCUT2D eigenvalue weighted by molar-refractivity contribution is 0.0952. The molecule has 2 aromatic rings. The zero-order valence-corrected chi connectivity index (χ0v) is 16.5. The summed E-state index contributed by atoms with van der Waals surface area (Å²) in [5.41, 5.74) is 0.600. The van der Waals surface area contributed by atoms with Gasteiger partial charge in [0.25, 0.3) is 15.9 Å². The van der Waals surface area contributed by atoms with Gasteiger partial charge in [0.1, 0.15) is 5.82 Å². The molecule has 146 valence electrons. The van der Waals surface area contributed by atoms with Crippen molar-refractivity contribution in [2.45, 2.75) is 11.3 Å². The number of hydrogen-bond donors (Lipinski definition) is 1. The topological polar surface area (TPSA) is 69.7 Å². The van der Waals surface area contributed by atoms with Crippen LogP contribution in [0.2, 0.25) is 0 Å². The molecule has 1 N–H and O–H groups in total. The molecule has 8 heteroatoms. The molecule has 0 fully saturated rings. The number of sulfonamides is 1. The number of rotatable bonds is 8. The van der Waals surface area contributed by atoms with Crippen molar-refractivity contribution >= 4 is 21.6 Å². The van der Waals surface area contributed by atoms with Crippen molar-refractivity contribution in [1.82, 2.24) is 10.2 Å². The van der Waals surface area contributed by atoms with Crippen LogP contribution in [0.5, 0.6) is 0 Å². The maximum absolute atomic E-state index is 13.1. The number of amides is 1.